The number of nitrogens with one attached hydrogen (secondary N) is 1. The van der Waals surface area contributed by atoms with Gasteiger partial charge in [0.05, 0.1) is 34.0 Å². The largest absolute Gasteiger partial charge is 0.377 e. The molecule has 7 nitrogen and oxygen atoms in total. The number of hydrogen-bond donors (Lipinski definition) is 2. The first kappa shape index (κ1) is 26.3. The Hall–Kier alpha value is -2.91. The molecule has 0 spiro atoms. The van der Waals surface area contributed by atoms with Gasteiger partial charge in [0, 0.05) is 41.0 Å². The third kappa shape index (κ3) is 3.91. The minimum Gasteiger partial charge on any atom is -0.377 e. The molecule has 0 saturated heterocycles. The topological polar surface area (TPSA) is 101 Å². The van der Waals surface area contributed by atoms with Gasteiger partial charge in [0.15, 0.2) is 5.78 Å². The van der Waals surface area contributed by atoms with Gasteiger partial charge < -0.3 is 15.0 Å². The lowest BCUT2D eigenvalue weighted by molar-refractivity contribution is -0.140. The number of aromatic nitrogens is 2. The maximum Gasteiger partial charge on any atom is 0.254 e. The van der Waals surface area contributed by atoms with Gasteiger partial charge in [-0.05, 0) is 64.2 Å². The third-order valence-electron chi connectivity index (χ3n) is 8.45. The van der Waals surface area contributed by atoms with Gasteiger partial charge in [-0.15, -0.1) is 0 Å². The van der Waals surface area contributed by atoms with E-state index >= 15 is 0 Å². The van der Waals surface area contributed by atoms with Crippen LogP contribution in [-0.4, -0.2) is 26.3 Å². The Kier molecular flexibility index (Phi) is 5.94. The second-order valence-electron chi connectivity index (χ2n) is 12.2. The fourth-order valence-corrected chi connectivity index (χ4v) is 7.12. The predicted molar refractivity (Wildman–Crippen MR) is 149 cm³/mol. The van der Waals surface area contributed by atoms with Crippen LogP contribution in [0.2, 0.25) is 0 Å². The first-order chi connectivity index (χ1) is 18.3. The highest BCUT2D eigenvalue weighted by atomic mass is 79.9. The highest BCUT2D eigenvalue weighted by Gasteiger charge is 2.44. The van der Waals surface area contributed by atoms with Gasteiger partial charge >= 0.3 is 0 Å². The predicted octanol–water partition coefficient (Wildman–Crippen LogP) is 4.98. The van der Waals surface area contributed by atoms with Gasteiger partial charge in [-0.25, -0.2) is 9.37 Å². The second-order valence-corrected chi connectivity index (χ2v) is 13.0. The van der Waals surface area contributed by atoms with Crippen LogP contribution in [0.25, 0.3) is 22.3 Å². The molecule has 6 rings (SSSR count). The Morgan fingerprint density at radius 1 is 1.21 bits per heavy atom. The van der Waals surface area contributed by atoms with Crippen molar-refractivity contribution >= 4 is 38.5 Å². The van der Waals surface area contributed by atoms with Gasteiger partial charge in [-0.1, -0.05) is 27.7 Å². The van der Waals surface area contributed by atoms with Gasteiger partial charge in [-0.3, -0.25) is 14.4 Å². The smallest absolute Gasteiger partial charge is 0.254 e. The van der Waals surface area contributed by atoms with Crippen LogP contribution in [0.3, 0.4) is 0 Å². The van der Waals surface area contributed by atoms with Gasteiger partial charge in [0.1, 0.15) is 11.4 Å². The monoisotopic (exact) mass is 595 g/mol. The zero-order valence-corrected chi connectivity index (χ0v) is 24.1. The van der Waals surface area contributed by atoms with Gasteiger partial charge in [-0.2, -0.15) is 0 Å². The summed E-state index contributed by atoms with van der Waals surface area (Å²) in [5.74, 6) is -0.775. The number of benzene rings is 1. The fraction of sp³-hybridized carbons (Fsp3) is 0.467. The molecule has 9 heteroatoms. The maximum atomic E-state index is 15.0. The van der Waals surface area contributed by atoms with E-state index in [1.807, 2.05) is 20.8 Å². The van der Waals surface area contributed by atoms with Crippen molar-refractivity contribution in [3.05, 3.63) is 60.6 Å². The van der Waals surface area contributed by atoms with E-state index in [4.69, 9.17) is 4.98 Å². The number of ketones is 1. The molecule has 3 aliphatic rings. The molecule has 0 radical (unpaired) electrons. The summed E-state index contributed by atoms with van der Waals surface area (Å²) in [5, 5.41) is 15.3. The molecule has 1 aromatic carbocycles. The van der Waals surface area contributed by atoms with Gasteiger partial charge in [0.2, 0.25) is 5.91 Å². The molecule has 2 aliphatic carbocycles. The molecule has 39 heavy (non-hydrogen) atoms. The van der Waals surface area contributed by atoms with Crippen molar-refractivity contribution in [1.82, 2.24) is 14.9 Å². The van der Waals surface area contributed by atoms with Crippen molar-refractivity contribution in [2.45, 2.75) is 84.4 Å². The SMILES string of the molecule is CC[C@@]1(O)C(=O)CCc2c1cc1n(c2=O)Cc2c-1nc1cc(F)c(Br)c3c1c2[C@@H](NC(=O)CC(C)(C)C)CC3. The van der Waals surface area contributed by atoms with Crippen molar-refractivity contribution < 1.29 is 19.1 Å². The van der Waals surface area contributed by atoms with E-state index < -0.39 is 11.4 Å². The van der Waals surface area contributed by atoms with E-state index in [0.717, 1.165) is 22.1 Å². The number of carbonyl (C=O) groups is 2. The van der Waals surface area contributed by atoms with Crippen LogP contribution in [0.1, 0.15) is 87.2 Å². The first-order valence-corrected chi connectivity index (χ1v) is 14.3. The Morgan fingerprint density at radius 2 is 1.95 bits per heavy atom. The third-order valence-corrected chi connectivity index (χ3v) is 9.30. The average molecular weight is 596 g/mol. The lowest BCUT2D eigenvalue weighted by Crippen LogP contribution is -2.43. The first-order valence-electron chi connectivity index (χ1n) is 13.5. The number of aliphatic hydroxyl groups is 1. The second kappa shape index (κ2) is 8.80. The molecular formula is C30H31BrFN3O4. The van der Waals surface area contributed by atoms with Crippen LogP contribution in [0.4, 0.5) is 4.39 Å². The highest BCUT2D eigenvalue weighted by molar-refractivity contribution is 9.10. The van der Waals surface area contributed by atoms with Crippen molar-refractivity contribution in [1.29, 1.82) is 0 Å². The molecule has 0 bridgehead atoms. The zero-order valence-electron chi connectivity index (χ0n) is 22.5. The molecule has 3 aromatic rings. The zero-order chi connectivity index (χ0) is 28.0. The van der Waals surface area contributed by atoms with Gasteiger partial charge in [0.25, 0.3) is 5.56 Å². The van der Waals surface area contributed by atoms with Crippen LogP contribution < -0.4 is 10.9 Å². The summed E-state index contributed by atoms with van der Waals surface area (Å²) in [6.07, 6.45) is 2.07. The summed E-state index contributed by atoms with van der Waals surface area (Å²) in [4.78, 5) is 44.4. The van der Waals surface area contributed by atoms with Crippen LogP contribution in [0.15, 0.2) is 21.4 Å². The molecule has 2 atom stereocenters. The Morgan fingerprint density at radius 3 is 2.64 bits per heavy atom. The number of Topliss-reactive ketones (excluding diaryl/α,β-unsaturated/α-hetero) is 1. The lowest BCUT2D eigenvalue weighted by Gasteiger charge is -2.32. The molecule has 1 aliphatic heterocycles. The lowest BCUT2D eigenvalue weighted by atomic mass is 9.77. The number of carbonyl (C=O) groups excluding carboxylic acids is 2. The Bertz CT molecular complexity index is 1670. The summed E-state index contributed by atoms with van der Waals surface area (Å²) in [5.41, 5.74) is 2.63. The number of amides is 1. The molecule has 3 heterocycles. The van der Waals surface area contributed by atoms with E-state index in [0.29, 0.717) is 51.8 Å². The fourth-order valence-electron chi connectivity index (χ4n) is 6.61. The summed E-state index contributed by atoms with van der Waals surface area (Å²) >= 11 is 3.43. The standard InChI is InChI=1S/C30H31BrFN3O4/c1-5-30(39)17-10-21-27-16(13-35(21)28(38)14(17)7-9-22(30)36)25-19(33-23(37)12-29(2,3)4)8-6-15-24(25)20(34-27)11-18(32)26(15)31/h10-11,19,39H,5-9,12-13H2,1-4H3,(H,33,37)/t19-,30-/m0/s1. The van der Waals surface area contributed by atoms with E-state index in [-0.39, 0.29) is 54.5 Å². The van der Waals surface area contributed by atoms with Crippen molar-refractivity contribution in [3.8, 4) is 11.4 Å². The van der Waals surface area contributed by atoms with Crippen molar-refractivity contribution in [3.63, 3.8) is 0 Å². The van der Waals surface area contributed by atoms with Crippen LogP contribution in [-0.2, 0) is 34.6 Å². The summed E-state index contributed by atoms with van der Waals surface area (Å²) in [6, 6.07) is 2.79. The van der Waals surface area contributed by atoms with E-state index in [2.05, 4.69) is 21.2 Å². The van der Waals surface area contributed by atoms with Crippen LogP contribution in [0, 0.1) is 11.2 Å². The molecular weight excluding hydrogens is 565 g/mol. The number of aryl methyl sites for hydroxylation is 1. The van der Waals surface area contributed by atoms with Crippen molar-refractivity contribution in [2.75, 3.05) is 0 Å². The van der Waals surface area contributed by atoms with E-state index in [9.17, 15) is 23.9 Å². The number of rotatable bonds is 3. The quantitative estimate of drug-likeness (QED) is 0.348. The van der Waals surface area contributed by atoms with Crippen molar-refractivity contribution in [2.24, 2.45) is 5.41 Å². The average Bonchev–Trinajstić information content (AvgIpc) is 3.23. The number of halogens is 2. The van der Waals surface area contributed by atoms with Crippen LogP contribution >= 0.6 is 15.9 Å². The molecule has 0 unspecified atom stereocenters. The minimum atomic E-state index is -1.72. The molecule has 0 saturated carbocycles. The van der Waals surface area contributed by atoms with Crippen LogP contribution in [0.5, 0.6) is 0 Å². The van der Waals surface area contributed by atoms with E-state index in [1.165, 1.54) is 6.07 Å². The number of hydrogen-bond acceptors (Lipinski definition) is 5. The molecule has 0 fully saturated rings. The summed E-state index contributed by atoms with van der Waals surface area (Å²) in [6.45, 7) is 8.02. The molecule has 2 aromatic heterocycles. The molecule has 2 N–H and O–H groups in total. The minimum absolute atomic E-state index is 0.0643. The molecule has 1 amide bonds. The maximum absolute atomic E-state index is 15.0. The number of fused-ring (bicyclic) bond motifs is 5. The molecule has 204 valence electrons. The number of pyridine rings is 2. The normalized spacial score (nSPS) is 21.5. The Labute approximate surface area is 234 Å². The summed E-state index contributed by atoms with van der Waals surface area (Å²) < 4.78 is 17.0. The Balaban J connectivity index is 1.60. The van der Waals surface area contributed by atoms with E-state index in [1.54, 1.807) is 17.6 Å². The highest BCUT2D eigenvalue weighted by Crippen LogP contribution is 2.47. The summed E-state index contributed by atoms with van der Waals surface area (Å²) in [7, 11) is 0. The number of nitrogens with zero attached hydrogens (tertiary/aromatic N) is 2.